The lowest BCUT2D eigenvalue weighted by Gasteiger charge is -2.18. The van der Waals surface area contributed by atoms with Crippen molar-refractivity contribution in [2.75, 3.05) is 13.2 Å². The van der Waals surface area contributed by atoms with Crippen molar-refractivity contribution < 1.29 is 24.1 Å². The number of aliphatic hydroxyl groups excluding tert-OH is 1. The molecule has 1 heterocycles. The number of benzene rings is 2. The number of hydrogen-bond acceptors (Lipinski definition) is 5. The molecule has 1 aliphatic heterocycles. The number of carbonyl (C=O) groups excluding carboxylic acids is 1. The summed E-state index contributed by atoms with van der Waals surface area (Å²) in [7, 11) is 0. The average Bonchev–Trinajstić information content (AvgIpc) is 3.26. The van der Waals surface area contributed by atoms with Crippen molar-refractivity contribution in [2.24, 2.45) is 0 Å². The van der Waals surface area contributed by atoms with Crippen molar-refractivity contribution in [3.63, 3.8) is 0 Å². The lowest BCUT2D eigenvalue weighted by molar-refractivity contribution is -0.171. The van der Waals surface area contributed by atoms with E-state index in [1.54, 1.807) is 18.2 Å². The maximum absolute atomic E-state index is 12.4. The monoisotopic (exact) mass is 419 g/mol. The first-order chi connectivity index (χ1) is 14.1. The number of halogens is 1. The summed E-state index contributed by atoms with van der Waals surface area (Å²) < 4.78 is 16.3. The Kier molecular flexibility index (Phi) is 7.89. The van der Waals surface area contributed by atoms with Gasteiger partial charge in [-0.25, -0.2) is 0 Å². The number of hydrogen-bond donors (Lipinski definition) is 2. The third-order valence-electron chi connectivity index (χ3n) is 4.64. The van der Waals surface area contributed by atoms with Gasteiger partial charge >= 0.3 is 0 Å². The summed E-state index contributed by atoms with van der Waals surface area (Å²) in [5, 5.41) is 13.3. The molecule has 2 aromatic rings. The van der Waals surface area contributed by atoms with E-state index in [0.29, 0.717) is 36.1 Å². The van der Waals surface area contributed by atoms with E-state index in [-0.39, 0.29) is 18.6 Å². The number of ether oxygens (including phenoxy) is 3. The highest BCUT2D eigenvalue weighted by molar-refractivity contribution is 6.34. The van der Waals surface area contributed by atoms with Crippen LogP contribution < -0.4 is 10.1 Å². The second-order valence-corrected chi connectivity index (χ2v) is 7.24. The fraction of sp³-hybridized carbons (Fsp3) is 0.409. The molecule has 0 bridgehead atoms. The van der Waals surface area contributed by atoms with Gasteiger partial charge in [-0.3, -0.25) is 4.79 Å². The highest BCUT2D eigenvalue weighted by Gasteiger charge is 2.24. The van der Waals surface area contributed by atoms with E-state index >= 15 is 0 Å². The van der Waals surface area contributed by atoms with E-state index in [1.807, 2.05) is 31.2 Å². The number of carbonyl (C=O) groups is 1. The van der Waals surface area contributed by atoms with Crippen LogP contribution in [0.3, 0.4) is 0 Å². The van der Waals surface area contributed by atoms with Crippen molar-refractivity contribution in [1.82, 2.24) is 5.32 Å². The fourth-order valence-corrected chi connectivity index (χ4v) is 3.42. The molecule has 0 spiro atoms. The maximum Gasteiger partial charge on any atom is 0.253 e. The van der Waals surface area contributed by atoms with Gasteiger partial charge in [0.15, 0.2) is 6.29 Å². The highest BCUT2D eigenvalue weighted by Crippen LogP contribution is 2.23. The summed E-state index contributed by atoms with van der Waals surface area (Å²) in [5.74, 6) is 0.375. The number of amides is 1. The highest BCUT2D eigenvalue weighted by atomic mass is 35.5. The first-order valence-corrected chi connectivity index (χ1v) is 10.1. The van der Waals surface area contributed by atoms with Gasteiger partial charge in [0, 0.05) is 13.2 Å². The van der Waals surface area contributed by atoms with Gasteiger partial charge in [-0.05, 0) is 49.1 Å². The SMILES string of the molecule is CCOc1ccc(C(=O)NCc2cccc(COC(O)C3CCCO3)c2)c(Cl)c1. The molecule has 1 fully saturated rings. The van der Waals surface area contributed by atoms with Crippen LogP contribution in [0.5, 0.6) is 5.75 Å². The van der Waals surface area contributed by atoms with Crippen molar-refractivity contribution in [3.8, 4) is 5.75 Å². The lowest BCUT2D eigenvalue weighted by atomic mass is 10.1. The molecule has 156 valence electrons. The smallest absolute Gasteiger partial charge is 0.253 e. The summed E-state index contributed by atoms with van der Waals surface area (Å²) in [6, 6.07) is 12.7. The zero-order valence-corrected chi connectivity index (χ0v) is 17.2. The van der Waals surface area contributed by atoms with Crippen LogP contribution in [0.25, 0.3) is 0 Å². The van der Waals surface area contributed by atoms with E-state index < -0.39 is 6.29 Å². The minimum Gasteiger partial charge on any atom is -0.494 e. The molecule has 2 unspecified atom stereocenters. The van der Waals surface area contributed by atoms with E-state index in [2.05, 4.69) is 5.32 Å². The van der Waals surface area contributed by atoms with E-state index in [0.717, 1.165) is 24.0 Å². The van der Waals surface area contributed by atoms with Gasteiger partial charge in [0.2, 0.25) is 0 Å². The second-order valence-electron chi connectivity index (χ2n) is 6.83. The zero-order valence-electron chi connectivity index (χ0n) is 16.4. The van der Waals surface area contributed by atoms with Crippen molar-refractivity contribution in [1.29, 1.82) is 0 Å². The first kappa shape index (κ1) is 21.6. The predicted molar refractivity (Wildman–Crippen MR) is 110 cm³/mol. The van der Waals surface area contributed by atoms with Crippen LogP contribution in [0, 0.1) is 0 Å². The molecule has 2 N–H and O–H groups in total. The molecule has 1 aliphatic rings. The third kappa shape index (κ3) is 6.18. The molecule has 1 amide bonds. The second kappa shape index (κ2) is 10.6. The van der Waals surface area contributed by atoms with Crippen molar-refractivity contribution in [3.05, 3.63) is 64.2 Å². The average molecular weight is 420 g/mol. The van der Waals surface area contributed by atoms with Crippen LogP contribution in [-0.2, 0) is 22.6 Å². The largest absolute Gasteiger partial charge is 0.494 e. The Bertz CT molecular complexity index is 823. The number of rotatable bonds is 9. The first-order valence-electron chi connectivity index (χ1n) is 9.76. The molecule has 6 nitrogen and oxygen atoms in total. The van der Waals surface area contributed by atoms with Crippen LogP contribution in [0.2, 0.25) is 5.02 Å². The Morgan fingerprint density at radius 2 is 2.14 bits per heavy atom. The summed E-state index contributed by atoms with van der Waals surface area (Å²) >= 11 is 6.20. The molecule has 0 saturated carbocycles. The van der Waals surface area contributed by atoms with Gasteiger partial charge in [0.25, 0.3) is 5.91 Å². The van der Waals surface area contributed by atoms with Crippen molar-refractivity contribution >= 4 is 17.5 Å². The van der Waals surface area contributed by atoms with Crippen LogP contribution in [0.1, 0.15) is 41.3 Å². The summed E-state index contributed by atoms with van der Waals surface area (Å²) in [6.45, 7) is 3.71. The molecule has 29 heavy (non-hydrogen) atoms. The predicted octanol–water partition coefficient (Wildman–Crippen LogP) is 3.68. The Morgan fingerprint density at radius 1 is 1.31 bits per heavy atom. The van der Waals surface area contributed by atoms with E-state index in [4.69, 9.17) is 25.8 Å². The van der Waals surface area contributed by atoms with Gasteiger partial charge < -0.3 is 24.6 Å². The van der Waals surface area contributed by atoms with Gasteiger partial charge in [0.05, 0.1) is 23.8 Å². The van der Waals surface area contributed by atoms with Crippen molar-refractivity contribution in [2.45, 2.75) is 45.3 Å². The molecule has 3 rings (SSSR count). The maximum atomic E-state index is 12.4. The Morgan fingerprint density at radius 3 is 2.86 bits per heavy atom. The standard InChI is InChI=1S/C22H26ClNO5/c1-2-27-17-8-9-18(19(23)12-17)21(25)24-13-15-5-3-6-16(11-15)14-29-22(26)20-7-4-10-28-20/h3,5-6,8-9,11-12,20,22,26H,2,4,7,10,13-14H2,1H3,(H,24,25). The Labute approximate surface area is 175 Å². The van der Waals surface area contributed by atoms with Crippen LogP contribution in [0.15, 0.2) is 42.5 Å². The molecule has 7 heteroatoms. The quantitative estimate of drug-likeness (QED) is 0.606. The summed E-state index contributed by atoms with van der Waals surface area (Å²) in [5.41, 5.74) is 2.23. The van der Waals surface area contributed by atoms with Gasteiger partial charge in [0.1, 0.15) is 11.9 Å². The van der Waals surface area contributed by atoms with Gasteiger partial charge in [-0.1, -0.05) is 35.9 Å². The molecule has 0 radical (unpaired) electrons. The topological polar surface area (TPSA) is 77.0 Å². The van der Waals surface area contributed by atoms with Crippen LogP contribution >= 0.6 is 11.6 Å². The molecule has 1 saturated heterocycles. The molecular formula is C22H26ClNO5. The summed E-state index contributed by atoms with van der Waals surface area (Å²) in [6.07, 6.45) is 0.569. The normalized spacial score (nSPS) is 17.1. The van der Waals surface area contributed by atoms with E-state index in [9.17, 15) is 9.90 Å². The van der Waals surface area contributed by atoms with E-state index in [1.165, 1.54) is 0 Å². The molecular weight excluding hydrogens is 394 g/mol. The number of aliphatic hydroxyl groups is 1. The fourth-order valence-electron chi connectivity index (χ4n) is 3.16. The zero-order chi connectivity index (χ0) is 20.6. The molecule has 0 aromatic heterocycles. The minimum absolute atomic E-state index is 0.253. The Hall–Kier alpha value is -2.12. The molecule has 2 aromatic carbocycles. The molecule has 2 atom stereocenters. The van der Waals surface area contributed by atoms with Gasteiger partial charge in [-0.15, -0.1) is 0 Å². The molecule has 0 aliphatic carbocycles. The summed E-state index contributed by atoms with van der Waals surface area (Å²) in [4.78, 5) is 12.4. The van der Waals surface area contributed by atoms with Gasteiger partial charge in [-0.2, -0.15) is 0 Å². The Balaban J connectivity index is 1.52. The lowest BCUT2D eigenvalue weighted by Crippen LogP contribution is -2.27. The number of nitrogens with one attached hydrogen (secondary N) is 1. The van der Waals surface area contributed by atoms with Crippen LogP contribution in [0.4, 0.5) is 0 Å². The third-order valence-corrected chi connectivity index (χ3v) is 4.96. The van der Waals surface area contributed by atoms with Crippen LogP contribution in [-0.4, -0.2) is 36.6 Å². The minimum atomic E-state index is -0.928.